The number of benzene rings is 3. The lowest BCUT2D eigenvalue weighted by atomic mass is 10.1. The van der Waals surface area contributed by atoms with Crippen LogP contribution in [0.5, 0.6) is 0 Å². The molecule has 0 amide bonds. The first kappa shape index (κ1) is 25.3. The molecule has 0 aliphatic carbocycles. The van der Waals surface area contributed by atoms with Gasteiger partial charge in [0, 0.05) is 22.5 Å². The fraction of sp³-hybridized carbons (Fsp3) is 0.130. The van der Waals surface area contributed by atoms with Crippen LogP contribution in [0.15, 0.2) is 77.7 Å². The van der Waals surface area contributed by atoms with Crippen LogP contribution in [0.1, 0.15) is 26.3 Å². The largest absolute Gasteiger partial charge is 0.482 e. The van der Waals surface area contributed by atoms with Gasteiger partial charge in [0.05, 0.1) is 10.6 Å². The van der Waals surface area contributed by atoms with Gasteiger partial charge < -0.3 is 0 Å². The number of halogens is 3. The van der Waals surface area contributed by atoms with Crippen LogP contribution in [-0.4, -0.2) is 31.4 Å². The van der Waals surface area contributed by atoms with Gasteiger partial charge in [-0.25, -0.2) is 8.42 Å². The Hall–Kier alpha value is -3.31. The number of rotatable bonds is 8. The minimum Gasteiger partial charge on any atom is -0.298 e. The average molecular weight is 509 g/mol. The highest BCUT2D eigenvalue weighted by Gasteiger charge is 2.27. The second kappa shape index (κ2) is 10.3. The quantitative estimate of drug-likeness (QED) is 0.309. The average Bonchev–Trinajstić information content (AvgIpc) is 2.77. The number of Topliss-reactive ketones (excluding diaryl/α,β-unsaturated/α-hetero) is 1. The fourth-order valence-electron chi connectivity index (χ4n) is 2.81. The molecule has 0 saturated heterocycles. The molecule has 34 heavy (non-hydrogen) atoms. The highest BCUT2D eigenvalue weighted by atomic mass is 32.2. The fourth-order valence-corrected chi connectivity index (χ4v) is 4.60. The second-order valence-corrected chi connectivity index (χ2v) is 9.83. The first-order valence-corrected chi connectivity index (χ1v) is 12.2. The SMILES string of the molecule is Cc1ccc(C(=O)SCC(=O)c2ccc(NS(=O)(=O)c3ccc(NC(F)(F)F)cc3)cc2)cc1. The summed E-state index contributed by atoms with van der Waals surface area (Å²) in [5, 5.41) is 1.06. The Morgan fingerprint density at radius 3 is 1.91 bits per heavy atom. The van der Waals surface area contributed by atoms with E-state index in [1.165, 1.54) is 29.6 Å². The van der Waals surface area contributed by atoms with Crippen LogP contribution < -0.4 is 10.0 Å². The van der Waals surface area contributed by atoms with Crippen molar-refractivity contribution in [3.63, 3.8) is 0 Å². The number of thioether (sulfide) groups is 1. The molecule has 0 unspecified atom stereocenters. The van der Waals surface area contributed by atoms with E-state index in [0.717, 1.165) is 41.6 Å². The van der Waals surface area contributed by atoms with Gasteiger partial charge in [-0.1, -0.05) is 41.6 Å². The van der Waals surface area contributed by atoms with Gasteiger partial charge in [0.2, 0.25) is 5.12 Å². The summed E-state index contributed by atoms with van der Waals surface area (Å²) in [4.78, 5) is 24.4. The number of carbonyl (C=O) groups excluding carboxylic acids is 2. The van der Waals surface area contributed by atoms with E-state index >= 15 is 0 Å². The van der Waals surface area contributed by atoms with Crippen molar-refractivity contribution in [3.8, 4) is 0 Å². The van der Waals surface area contributed by atoms with Crippen molar-refractivity contribution in [2.75, 3.05) is 15.8 Å². The molecule has 0 atom stereocenters. The molecule has 6 nitrogen and oxygen atoms in total. The van der Waals surface area contributed by atoms with Gasteiger partial charge in [0.1, 0.15) is 0 Å². The van der Waals surface area contributed by atoms with Gasteiger partial charge >= 0.3 is 6.30 Å². The van der Waals surface area contributed by atoms with E-state index in [9.17, 15) is 31.2 Å². The standard InChI is InChI=1S/C23H19F3N2O4S2/c1-15-2-4-17(5-3-15)22(30)33-14-21(29)16-6-8-19(9-7-16)28-34(31,32)20-12-10-18(11-13-20)27-23(24,25)26/h2-13,27-28H,14H2,1H3. The normalized spacial score (nSPS) is 11.6. The Labute approximate surface area is 198 Å². The molecule has 0 aliphatic rings. The highest BCUT2D eigenvalue weighted by molar-refractivity contribution is 8.14. The molecule has 0 radical (unpaired) electrons. The molecule has 0 spiro atoms. The number of nitrogens with one attached hydrogen (secondary N) is 2. The van der Waals surface area contributed by atoms with E-state index < -0.39 is 16.3 Å². The topological polar surface area (TPSA) is 92.3 Å². The van der Waals surface area contributed by atoms with E-state index in [1.54, 1.807) is 12.1 Å². The number of sulfonamides is 1. The molecule has 2 N–H and O–H groups in total. The molecule has 0 aliphatic heterocycles. The number of aryl methyl sites for hydroxylation is 1. The number of anilines is 2. The maximum absolute atomic E-state index is 12.5. The third-order valence-electron chi connectivity index (χ3n) is 4.53. The first-order valence-electron chi connectivity index (χ1n) is 9.78. The Morgan fingerprint density at radius 1 is 0.824 bits per heavy atom. The smallest absolute Gasteiger partial charge is 0.298 e. The minimum absolute atomic E-state index is 0.0733. The van der Waals surface area contributed by atoms with E-state index in [2.05, 4.69) is 4.72 Å². The van der Waals surface area contributed by atoms with Crippen molar-refractivity contribution in [3.05, 3.63) is 89.5 Å². The van der Waals surface area contributed by atoms with Crippen LogP contribution in [0.2, 0.25) is 0 Å². The lowest BCUT2D eigenvalue weighted by molar-refractivity contribution is -0.0999. The maximum atomic E-state index is 12.5. The van der Waals surface area contributed by atoms with Crippen molar-refractivity contribution in [1.82, 2.24) is 0 Å². The molecule has 0 saturated carbocycles. The summed E-state index contributed by atoms with van der Waals surface area (Å²) in [6.45, 7) is 1.90. The molecule has 0 aromatic heterocycles. The molecule has 0 fully saturated rings. The summed E-state index contributed by atoms with van der Waals surface area (Å²) in [7, 11) is -4.05. The Bertz CT molecular complexity index is 1270. The summed E-state index contributed by atoms with van der Waals surface area (Å²) in [5.41, 5.74) is 1.68. The van der Waals surface area contributed by atoms with Crippen molar-refractivity contribution >= 4 is 44.1 Å². The molecular weight excluding hydrogens is 489 g/mol. The number of alkyl halides is 3. The summed E-state index contributed by atoms with van der Waals surface area (Å²) in [5.74, 6) is -0.372. The Balaban J connectivity index is 1.59. The van der Waals surface area contributed by atoms with E-state index in [0.29, 0.717) is 11.1 Å². The summed E-state index contributed by atoms with van der Waals surface area (Å²) in [6.07, 6.45) is -4.63. The molecule has 0 bridgehead atoms. The third kappa shape index (κ3) is 7.09. The van der Waals surface area contributed by atoms with Gasteiger partial charge in [-0.05, 0) is 55.5 Å². The second-order valence-electron chi connectivity index (χ2n) is 7.20. The number of hydrogen-bond acceptors (Lipinski definition) is 6. The van der Waals surface area contributed by atoms with Gasteiger partial charge in [-0.3, -0.25) is 19.6 Å². The monoisotopic (exact) mass is 508 g/mol. The molecule has 0 heterocycles. The summed E-state index contributed by atoms with van der Waals surface area (Å²) < 4.78 is 64.3. The Morgan fingerprint density at radius 2 is 1.35 bits per heavy atom. The third-order valence-corrected chi connectivity index (χ3v) is 6.83. The van der Waals surface area contributed by atoms with Crippen molar-refractivity contribution in [2.24, 2.45) is 0 Å². The zero-order chi connectivity index (χ0) is 24.9. The molecule has 3 aromatic carbocycles. The van der Waals surface area contributed by atoms with E-state index in [4.69, 9.17) is 0 Å². The Kier molecular flexibility index (Phi) is 7.68. The van der Waals surface area contributed by atoms with Crippen LogP contribution in [0.4, 0.5) is 24.5 Å². The lowest BCUT2D eigenvalue weighted by Crippen LogP contribution is -2.20. The molecule has 11 heteroatoms. The van der Waals surface area contributed by atoms with Crippen LogP contribution in [0, 0.1) is 6.92 Å². The molecular formula is C23H19F3N2O4S2. The van der Waals surface area contributed by atoms with Crippen LogP contribution in [-0.2, 0) is 10.0 Å². The number of carbonyl (C=O) groups is 2. The molecule has 178 valence electrons. The van der Waals surface area contributed by atoms with Gasteiger partial charge in [0.15, 0.2) is 5.78 Å². The van der Waals surface area contributed by atoms with Crippen molar-refractivity contribution in [1.29, 1.82) is 0 Å². The van der Waals surface area contributed by atoms with E-state index in [-0.39, 0.29) is 32.9 Å². The van der Waals surface area contributed by atoms with Gasteiger partial charge in [-0.2, -0.15) is 13.2 Å². The van der Waals surface area contributed by atoms with Crippen LogP contribution >= 0.6 is 11.8 Å². The summed E-state index contributed by atoms with van der Waals surface area (Å²) in [6, 6.07) is 16.7. The zero-order valence-electron chi connectivity index (χ0n) is 17.7. The minimum atomic E-state index is -4.63. The van der Waals surface area contributed by atoms with E-state index in [1.807, 2.05) is 19.1 Å². The van der Waals surface area contributed by atoms with Gasteiger partial charge in [0.25, 0.3) is 10.0 Å². The molecule has 3 rings (SSSR count). The zero-order valence-corrected chi connectivity index (χ0v) is 19.4. The van der Waals surface area contributed by atoms with Crippen molar-refractivity contribution < 1.29 is 31.2 Å². The highest BCUT2D eigenvalue weighted by Crippen LogP contribution is 2.23. The van der Waals surface area contributed by atoms with Crippen LogP contribution in [0.25, 0.3) is 0 Å². The predicted molar refractivity (Wildman–Crippen MR) is 126 cm³/mol. The van der Waals surface area contributed by atoms with Crippen LogP contribution in [0.3, 0.4) is 0 Å². The lowest BCUT2D eigenvalue weighted by Gasteiger charge is -2.11. The number of ketones is 1. The van der Waals surface area contributed by atoms with Gasteiger partial charge in [-0.15, -0.1) is 0 Å². The first-order chi connectivity index (χ1) is 15.9. The summed E-state index contributed by atoms with van der Waals surface area (Å²) >= 11 is 0.879. The number of hydrogen-bond donors (Lipinski definition) is 2. The predicted octanol–water partition coefficient (Wildman–Crippen LogP) is 5.48. The molecule has 3 aromatic rings. The maximum Gasteiger partial charge on any atom is 0.482 e. The van der Waals surface area contributed by atoms with Crippen molar-refractivity contribution in [2.45, 2.75) is 18.1 Å².